The third-order valence-corrected chi connectivity index (χ3v) is 2.82. The lowest BCUT2D eigenvalue weighted by Gasteiger charge is -2.07. The van der Waals surface area contributed by atoms with E-state index < -0.39 is 0 Å². The molecule has 1 amide bonds. The third-order valence-electron chi connectivity index (χ3n) is 2.35. The van der Waals surface area contributed by atoms with E-state index in [4.69, 9.17) is 5.73 Å². The fourth-order valence-corrected chi connectivity index (χ4v) is 1.75. The van der Waals surface area contributed by atoms with Gasteiger partial charge < -0.3 is 11.1 Å². The van der Waals surface area contributed by atoms with Crippen LogP contribution in [0.4, 0.5) is 11.5 Å². The second kappa shape index (κ2) is 5.18. The Morgan fingerprint density at radius 2 is 2.28 bits per heavy atom. The molecule has 6 nitrogen and oxygen atoms in total. The van der Waals surface area contributed by atoms with Gasteiger partial charge in [0.15, 0.2) is 0 Å². The van der Waals surface area contributed by atoms with E-state index in [1.807, 2.05) is 6.92 Å². The Morgan fingerprint density at radius 3 is 2.89 bits per heavy atom. The monoisotopic (exact) mass is 309 g/mol. The summed E-state index contributed by atoms with van der Waals surface area (Å²) >= 11 is 3.28. The van der Waals surface area contributed by atoms with Gasteiger partial charge in [-0.3, -0.25) is 9.48 Å². The van der Waals surface area contributed by atoms with Gasteiger partial charge >= 0.3 is 0 Å². The molecule has 2 rings (SSSR count). The summed E-state index contributed by atoms with van der Waals surface area (Å²) in [5.74, 6) is 0.146. The SMILES string of the molecule is CCn1ncc(N)c1C(=O)Nc1ccc(Br)cn1. The van der Waals surface area contributed by atoms with Crippen LogP contribution in [0.5, 0.6) is 0 Å². The number of aryl methyl sites for hydroxylation is 1. The quantitative estimate of drug-likeness (QED) is 0.906. The fraction of sp³-hybridized carbons (Fsp3) is 0.182. The zero-order valence-corrected chi connectivity index (χ0v) is 11.3. The second-order valence-corrected chi connectivity index (χ2v) is 4.50. The van der Waals surface area contributed by atoms with E-state index in [1.54, 1.807) is 23.0 Å². The highest BCUT2D eigenvalue weighted by Gasteiger charge is 2.16. The average molecular weight is 310 g/mol. The number of amides is 1. The van der Waals surface area contributed by atoms with E-state index in [0.717, 1.165) is 4.47 Å². The number of aromatic nitrogens is 3. The Kier molecular flexibility index (Phi) is 3.61. The maximum atomic E-state index is 12.1. The first-order valence-corrected chi connectivity index (χ1v) is 6.15. The molecule has 0 radical (unpaired) electrons. The minimum Gasteiger partial charge on any atom is -0.396 e. The first kappa shape index (κ1) is 12.6. The van der Waals surface area contributed by atoms with Crippen molar-refractivity contribution in [2.24, 2.45) is 0 Å². The first-order chi connectivity index (χ1) is 8.61. The number of pyridine rings is 1. The number of hydrogen-bond donors (Lipinski definition) is 2. The van der Waals surface area contributed by atoms with Crippen LogP contribution < -0.4 is 11.1 Å². The molecule has 0 aliphatic carbocycles. The van der Waals surface area contributed by atoms with Gasteiger partial charge in [0, 0.05) is 17.2 Å². The third kappa shape index (κ3) is 2.51. The standard InChI is InChI=1S/C11H12BrN5O/c1-2-17-10(8(13)6-15-17)11(18)16-9-4-3-7(12)5-14-9/h3-6H,2,13H2,1H3,(H,14,16,18). The maximum Gasteiger partial charge on any atom is 0.277 e. The van der Waals surface area contributed by atoms with Crippen LogP contribution in [0.25, 0.3) is 0 Å². The molecule has 2 heterocycles. The first-order valence-electron chi connectivity index (χ1n) is 5.36. The van der Waals surface area contributed by atoms with Crippen molar-refractivity contribution in [1.82, 2.24) is 14.8 Å². The van der Waals surface area contributed by atoms with Crippen molar-refractivity contribution >= 4 is 33.3 Å². The van der Waals surface area contributed by atoms with Gasteiger partial charge in [-0.25, -0.2) is 4.98 Å². The van der Waals surface area contributed by atoms with E-state index in [1.165, 1.54) is 6.20 Å². The van der Waals surface area contributed by atoms with E-state index in [-0.39, 0.29) is 5.91 Å². The van der Waals surface area contributed by atoms with Crippen LogP contribution in [0.3, 0.4) is 0 Å². The van der Waals surface area contributed by atoms with Gasteiger partial charge in [0.1, 0.15) is 11.5 Å². The van der Waals surface area contributed by atoms with Crippen molar-refractivity contribution in [2.75, 3.05) is 11.1 Å². The van der Waals surface area contributed by atoms with Crippen LogP contribution in [0.1, 0.15) is 17.4 Å². The molecule has 0 saturated heterocycles. The van der Waals surface area contributed by atoms with Crippen LogP contribution in [0.2, 0.25) is 0 Å². The Hall–Kier alpha value is -1.89. The summed E-state index contributed by atoms with van der Waals surface area (Å²) in [4.78, 5) is 16.1. The van der Waals surface area contributed by atoms with Crippen LogP contribution >= 0.6 is 15.9 Å². The number of carbonyl (C=O) groups is 1. The zero-order valence-electron chi connectivity index (χ0n) is 9.72. The molecule has 0 saturated carbocycles. The Morgan fingerprint density at radius 1 is 1.50 bits per heavy atom. The molecule has 0 spiro atoms. The minimum atomic E-state index is -0.318. The summed E-state index contributed by atoms with van der Waals surface area (Å²) in [7, 11) is 0. The van der Waals surface area contributed by atoms with Crippen LogP contribution in [0, 0.1) is 0 Å². The van der Waals surface area contributed by atoms with Crippen LogP contribution in [0.15, 0.2) is 29.0 Å². The van der Waals surface area contributed by atoms with Crippen molar-refractivity contribution in [2.45, 2.75) is 13.5 Å². The molecule has 2 aromatic rings. The summed E-state index contributed by atoms with van der Waals surface area (Å²) in [6.07, 6.45) is 3.07. The molecular weight excluding hydrogens is 298 g/mol. The topological polar surface area (TPSA) is 85.8 Å². The van der Waals surface area contributed by atoms with Gasteiger partial charge in [-0.1, -0.05) is 0 Å². The largest absolute Gasteiger partial charge is 0.396 e. The maximum absolute atomic E-state index is 12.1. The van der Waals surface area contributed by atoms with Crippen molar-refractivity contribution in [3.05, 3.63) is 34.7 Å². The summed E-state index contributed by atoms with van der Waals surface area (Å²) in [5.41, 5.74) is 6.43. The lowest BCUT2D eigenvalue weighted by molar-refractivity contribution is 0.101. The fourth-order valence-electron chi connectivity index (χ4n) is 1.51. The predicted molar refractivity (Wildman–Crippen MR) is 72.2 cm³/mol. The highest BCUT2D eigenvalue weighted by Crippen LogP contribution is 2.14. The van der Waals surface area contributed by atoms with Gasteiger partial charge in [-0.15, -0.1) is 0 Å². The second-order valence-electron chi connectivity index (χ2n) is 3.58. The lowest BCUT2D eigenvalue weighted by atomic mass is 10.3. The normalized spacial score (nSPS) is 10.3. The number of hydrogen-bond acceptors (Lipinski definition) is 4. The predicted octanol–water partition coefficient (Wildman–Crippen LogP) is 1.89. The molecule has 0 aliphatic heterocycles. The molecule has 0 fully saturated rings. The number of nitrogens with one attached hydrogen (secondary N) is 1. The van der Waals surface area contributed by atoms with E-state index in [9.17, 15) is 4.79 Å². The minimum absolute atomic E-state index is 0.318. The number of halogens is 1. The Balaban J connectivity index is 2.21. The zero-order chi connectivity index (χ0) is 13.1. The Bertz CT molecular complexity index is 563. The number of rotatable bonds is 3. The number of carbonyl (C=O) groups excluding carboxylic acids is 1. The van der Waals surface area contributed by atoms with Gasteiger partial charge in [0.25, 0.3) is 5.91 Å². The van der Waals surface area contributed by atoms with Gasteiger partial charge in [-0.2, -0.15) is 5.10 Å². The number of anilines is 2. The summed E-state index contributed by atoms with van der Waals surface area (Å²) in [5, 5.41) is 6.69. The van der Waals surface area contributed by atoms with Crippen molar-refractivity contribution in [3.8, 4) is 0 Å². The molecule has 18 heavy (non-hydrogen) atoms. The molecule has 94 valence electrons. The molecule has 0 atom stereocenters. The van der Waals surface area contributed by atoms with Crippen molar-refractivity contribution in [1.29, 1.82) is 0 Å². The molecule has 0 bridgehead atoms. The average Bonchev–Trinajstić information content (AvgIpc) is 2.73. The van der Waals surface area contributed by atoms with Crippen molar-refractivity contribution in [3.63, 3.8) is 0 Å². The van der Waals surface area contributed by atoms with E-state index >= 15 is 0 Å². The van der Waals surface area contributed by atoms with Gasteiger partial charge in [0.2, 0.25) is 0 Å². The highest BCUT2D eigenvalue weighted by molar-refractivity contribution is 9.10. The van der Waals surface area contributed by atoms with Crippen molar-refractivity contribution < 1.29 is 4.79 Å². The Labute approximate surface area is 112 Å². The molecule has 7 heteroatoms. The molecule has 0 aromatic carbocycles. The number of nitrogens with zero attached hydrogens (tertiary/aromatic N) is 3. The highest BCUT2D eigenvalue weighted by atomic mass is 79.9. The van der Waals surface area contributed by atoms with Gasteiger partial charge in [0.05, 0.1) is 11.9 Å². The lowest BCUT2D eigenvalue weighted by Crippen LogP contribution is -2.19. The summed E-state index contributed by atoms with van der Waals surface area (Å²) in [6, 6.07) is 3.49. The van der Waals surface area contributed by atoms with Crippen LogP contribution in [-0.4, -0.2) is 20.7 Å². The molecular formula is C11H12BrN5O. The molecule has 3 N–H and O–H groups in total. The van der Waals surface area contributed by atoms with E-state index in [2.05, 4.69) is 31.3 Å². The summed E-state index contributed by atoms with van der Waals surface area (Å²) in [6.45, 7) is 2.47. The summed E-state index contributed by atoms with van der Waals surface area (Å²) < 4.78 is 2.39. The molecule has 0 aliphatic rings. The van der Waals surface area contributed by atoms with Crippen LogP contribution in [-0.2, 0) is 6.54 Å². The van der Waals surface area contributed by atoms with Gasteiger partial charge in [-0.05, 0) is 35.0 Å². The number of nitrogen functional groups attached to an aromatic ring is 1. The number of nitrogens with two attached hydrogens (primary N) is 1. The smallest absolute Gasteiger partial charge is 0.277 e. The molecule has 2 aromatic heterocycles. The van der Waals surface area contributed by atoms with E-state index in [0.29, 0.717) is 23.7 Å². The molecule has 0 unspecified atom stereocenters.